The van der Waals surface area contributed by atoms with Crippen LogP contribution in [-0.2, 0) is 4.74 Å². The van der Waals surface area contributed by atoms with Crippen LogP contribution in [0.2, 0.25) is 0 Å². The lowest BCUT2D eigenvalue weighted by atomic mass is 10.0. The number of aliphatic hydroxyl groups excluding tert-OH is 2. The highest BCUT2D eigenvalue weighted by atomic mass is 19.1. The summed E-state index contributed by atoms with van der Waals surface area (Å²) in [6, 6.07) is 0.452. The minimum Gasteiger partial charge on any atom is -0.394 e. The summed E-state index contributed by atoms with van der Waals surface area (Å²) in [5.41, 5.74) is -1.82. The number of nitrogens with one attached hydrogen (secondary N) is 1. The summed E-state index contributed by atoms with van der Waals surface area (Å²) < 4.78 is 45.4. The number of ether oxygens (including phenoxy) is 1. The number of rotatable bonds is 2. The lowest BCUT2D eigenvalue weighted by molar-refractivity contribution is -0.0245. The summed E-state index contributed by atoms with van der Waals surface area (Å²) in [7, 11) is 0. The van der Waals surface area contributed by atoms with Crippen LogP contribution in [0.3, 0.4) is 0 Å². The molecule has 1 unspecified atom stereocenters. The van der Waals surface area contributed by atoms with E-state index < -0.39 is 54.0 Å². The van der Waals surface area contributed by atoms with Crippen molar-refractivity contribution in [2.45, 2.75) is 24.5 Å². The average molecular weight is 265 g/mol. The number of aromatic nitrogens is 1. The molecule has 0 bridgehead atoms. The van der Waals surface area contributed by atoms with Gasteiger partial charge in [-0.25, -0.2) is 8.78 Å². The summed E-state index contributed by atoms with van der Waals surface area (Å²) in [5, 5.41) is 18.2. The van der Waals surface area contributed by atoms with E-state index in [1.165, 1.54) is 0 Å². The molecule has 8 heteroatoms. The normalized spacial score (nSPS) is 31.8. The third kappa shape index (κ3) is 2.02. The average Bonchev–Trinajstić information content (AvgIpc) is 2.56. The highest BCUT2D eigenvalue weighted by Crippen LogP contribution is 2.37. The van der Waals surface area contributed by atoms with Crippen LogP contribution in [0.25, 0.3) is 0 Å². The molecular weight excluding hydrogens is 255 g/mol. The van der Waals surface area contributed by atoms with Crippen molar-refractivity contribution in [3.8, 4) is 0 Å². The van der Waals surface area contributed by atoms with Gasteiger partial charge in [0.15, 0.2) is 6.17 Å². The molecule has 0 amide bonds. The second kappa shape index (κ2) is 4.71. The van der Waals surface area contributed by atoms with Crippen LogP contribution in [0.5, 0.6) is 0 Å². The summed E-state index contributed by atoms with van der Waals surface area (Å²) >= 11 is 0. The van der Waals surface area contributed by atoms with Crippen LogP contribution < -0.4 is 5.56 Å². The molecule has 1 aliphatic heterocycles. The molecule has 2 heterocycles. The lowest BCUT2D eigenvalue weighted by Crippen LogP contribution is -2.30. The third-order valence-electron chi connectivity index (χ3n) is 2.77. The molecule has 0 saturated carbocycles. The molecule has 1 aromatic heterocycles. The first-order valence-electron chi connectivity index (χ1n) is 5.12. The van der Waals surface area contributed by atoms with Crippen LogP contribution in [0.4, 0.5) is 13.2 Å². The van der Waals surface area contributed by atoms with Gasteiger partial charge in [0, 0.05) is 6.07 Å². The van der Waals surface area contributed by atoms with Gasteiger partial charge in [-0.2, -0.15) is 4.39 Å². The largest absolute Gasteiger partial charge is 0.394 e. The first-order chi connectivity index (χ1) is 8.45. The Balaban J connectivity index is 2.41. The first-order valence-corrected chi connectivity index (χ1v) is 5.12. The topological polar surface area (TPSA) is 82.6 Å². The number of aromatic amines is 1. The van der Waals surface area contributed by atoms with Crippen molar-refractivity contribution in [3.63, 3.8) is 0 Å². The van der Waals surface area contributed by atoms with Crippen molar-refractivity contribution in [1.29, 1.82) is 0 Å². The third-order valence-corrected chi connectivity index (χ3v) is 2.77. The number of hydrogen-bond acceptors (Lipinski definition) is 4. The molecule has 2 rings (SSSR count). The minimum absolute atomic E-state index is 0.452. The van der Waals surface area contributed by atoms with Gasteiger partial charge in [0.25, 0.3) is 5.56 Å². The van der Waals surface area contributed by atoms with E-state index >= 15 is 0 Å². The lowest BCUT2D eigenvalue weighted by Gasteiger charge is -2.14. The van der Waals surface area contributed by atoms with Gasteiger partial charge >= 0.3 is 0 Å². The summed E-state index contributed by atoms with van der Waals surface area (Å²) in [6.07, 6.45) is -6.77. The minimum atomic E-state index is -2.10. The van der Waals surface area contributed by atoms with Crippen LogP contribution in [-0.4, -0.2) is 40.2 Å². The fourth-order valence-corrected chi connectivity index (χ4v) is 1.88. The van der Waals surface area contributed by atoms with Gasteiger partial charge in [0.05, 0.1) is 12.2 Å². The zero-order chi connectivity index (χ0) is 13.4. The highest BCUT2D eigenvalue weighted by Gasteiger charge is 2.46. The van der Waals surface area contributed by atoms with Crippen LogP contribution in [0.15, 0.2) is 10.9 Å². The second-order valence-electron chi connectivity index (χ2n) is 3.92. The molecule has 1 fully saturated rings. The predicted octanol–water partition coefficient (Wildman–Crippen LogP) is -0.216. The number of H-pyrrole nitrogens is 1. The maximum Gasteiger partial charge on any atom is 0.253 e. The Bertz CT molecular complexity index is 480. The summed E-state index contributed by atoms with van der Waals surface area (Å²) in [5.74, 6) is -2.63. The number of aliphatic hydroxyl groups is 2. The molecule has 0 spiro atoms. The molecule has 3 N–H and O–H groups in total. The van der Waals surface area contributed by atoms with E-state index in [1.807, 2.05) is 0 Å². The molecule has 18 heavy (non-hydrogen) atoms. The Morgan fingerprint density at radius 3 is 2.61 bits per heavy atom. The van der Waals surface area contributed by atoms with Crippen molar-refractivity contribution >= 4 is 0 Å². The molecule has 0 radical (unpaired) electrons. The van der Waals surface area contributed by atoms with Gasteiger partial charge in [-0.05, 0) is 0 Å². The maximum absolute atomic E-state index is 13.7. The quantitative estimate of drug-likeness (QED) is 0.646. The fraction of sp³-hybridized carbons (Fsp3) is 0.500. The van der Waals surface area contributed by atoms with Crippen LogP contribution in [0, 0.1) is 11.8 Å². The van der Waals surface area contributed by atoms with E-state index in [-0.39, 0.29) is 0 Å². The van der Waals surface area contributed by atoms with E-state index in [9.17, 15) is 23.1 Å². The summed E-state index contributed by atoms with van der Waals surface area (Å²) in [6.45, 7) is -0.690. The monoisotopic (exact) mass is 265 g/mol. The molecule has 5 nitrogen and oxygen atoms in total. The van der Waals surface area contributed by atoms with E-state index in [1.54, 1.807) is 4.98 Å². The van der Waals surface area contributed by atoms with E-state index in [2.05, 4.69) is 0 Å². The predicted molar refractivity (Wildman–Crippen MR) is 52.6 cm³/mol. The van der Waals surface area contributed by atoms with Gasteiger partial charge in [0.2, 0.25) is 5.95 Å². The number of hydrogen-bond donors (Lipinski definition) is 3. The molecule has 0 aromatic carbocycles. The maximum atomic E-state index is 13.7. The van der Waals surface area contributed by atoms with Crippen molar-refractivity contribution in [1.82, 2.24) is 4.98 Å². The molecular formula is C10H10F3NO4. The van der Waals surface area contributed by atoms with E-state index in [0.29, 0.717) is 6.07 Å². The van der Waals surface area contributed by atoms with Crippen molar-refractivity contribution in [2.75, 3.05) is 6.61 Å². The van der Waals surface area contributed by atoms with Crippen LogP contribution >= 0.6 is 0 Å². The first kappa shape index (κ1) is 13.1. The van der Waals surface area contributed by atoms with Crippen LogP contribution in [0.1, 0.15) is 11.7 Å². The SMILES string of the molecule is O=c1cc(F)c([C@@H]2O[C@H](CO)C(O)[C@@H]2F)c(F)[nH]1. The number of pyridine rings is 1. The Hall–Kier alpha value is -1.38. The standard InChI is InChI=1S/C10H10F3NO4/c11-3-1-5(16)14-10(13)6(3)9-7(12)8(17)4(2-15)18-9/h1,4,7-9,15,17H,2H2,(H,14,16)/t4-,7+,8?,9+/m1/s1. The molecule has 4 atom stereocenters. The summed E-state index contributed by atoms with van der Waals surface area (Å²) in [4.78, 5) is 12.5. The van der Waals surface area contributed by atoms with Gasteiger partial charge < -0.3 is 14.9 Å². The Kier molecular flexibility index (Phi) is 3.42. The second-order valence-corrected chi connectivity index (χ2v) is 3.92. The van der Waals surface area contributed by atoms with Crippen molar-refractivity contribution < 1.29 is 28.1 Å². The zero-order valence-electron chi connectivity index (χ0n) is 8.94. The molecule has 1 saturated heterocycles. The molecule has 1 aromatic rings. The van der Waals surface area contributed by atoms with Gasteiger partial charge in [-0.3, -0.25) is 9.78 Å². The Labute approximate surface area is 98.8 Å². The number of alkyl halides is 1. The fourth-order valence-electron chi connectivity index (χ4n) is 1.88. The zero-order valence-corrected chi connectivity index (χ0v) is 8.94. The molecule has 100 valence electrons. The smallest absolute Gasteiger partial charge is 0.253 e. The van der Waals surface area contributed by atoms with Crippen molar-refractivity contribution in [2.24, 2.45) is 0 Å². The van der Waals surface area contributed by atoms with E-state index in [4.69, 9.17) is 9.84 Å². The van der Waals surface area contributed by atoms with Gasteiger partial charge in [-0.15, -0.1) is 0 Å². The Morgan fingerprint density at radius 2 is 2.11 bits per heavy atom. The van der Waals surface area contributed by atoms with E-state index in [0.717, 1.165) is 0 Å². The highest BCUT2D eigenvalue weighted by molar-refractivity contribution is 5.20. The van der Waals surface area contributed by atoms with Gasteiger partial charge in [-0.1, -0.05) is 0 Å². The van der Waals surface area contributed by atoms with Gasteiger partial charge in [0.1, 0.15) is 24.1 Å². The molecule has 0 aliphatic carbocycles. The molecule has 1 aliphatic rings. The number of halogens is 3. The Morgan fingerprint density at radius 1 is 1.44 bits per heavy atom. The van der Waals surface area contributed by atoms with Crippen molar-refractivity contribution in [3.05, 3.63) is 33.7 Å².